The van der Waals surface area contributed by atoms with Gasteiger partial charge in [0.05, 0.1) is 0 Å². The third-order valence-corrected chi connectivity index (χ3v) is 7.13. The Balaban J connectivity index is 0.00000176. The van der Waals surface area contributed by atoms with Crippen LogP contribution < -0.4 is 16.4 Å². The molecule has 36 heavy (non-hydrogen) atoms. The largest absolute Gasteiger partial charge is 0.356 e. The van der Waals surface area contributed by atoms with Gasteiger partial charge in [-0.15, -0.1) is 0 Å². The van der Waals surface area contributed by atoms with Crippen LogP contribution in [0.15, 0.2) is 54.7 Å². The van der Waals surface area contributed by atoms with Crippen LogP contribution in [0.3, 0.4) is 0 Å². The van der Waals surface area contributed by atoms with Crippen molar-refractivity contribution in [1.82, 2.24) is 9.88 Å². The van der Waals surface area contributed by atoms with Gasteiger partial charge >= 0.3 is 0 Å². The zero-order valence-electron chi connectivity index (χ0n) is 22.8. The molecule has 2 heterocycles. The number of nitrogens with two attached hydrogens (primary N) is 2. The minimum atomic E-state index is 0.518. The standard InChI is InChI=1S/C30H40N4.CH5N/c1-5-15-34(17-14-31)16-13-22(2)24-10-8-11-25(18-24)26-19-28-29(20-32-30(28)33(4)21-26)27-12-7-6-9-23(27)3;1-2/h6-12,18-20,22,32H,5,13-17,21,31H2,1-4H3;2H2,1H3. The number of aromatic amines is 1. The first-order valence-corrected chi connectivity index (χ1v) is 13.3. The van der Waals surface area contributed by atoms with Crippen molar-refractivity contribution in [3.63, 3.8) is 0 Å². The zero-order chi connectivity index (χ0) is 26.1. The number of fused-ring (bicyclic) bond motifs is 1. The molecule has 5 N–H and O–H groups in total. The molecule has 1 atom stereocenters. The van der Waals surface area contributed by atoms with E-state index in [1.165, 1.54) is 58.2 Å². The zero-order valence-corrected chi connectivity index (χ0v) is 22.8. The number of hydrogen-bond acceptors (Lipinski definition) is 4. The van der Waals surface area contributed by atoms with Crippen LogP contribution in [0.5, 0.6) is 0 Å². The third kappa shape index (κ3) is 6.47. The lowest BCUT2D eigenvalue weighted by molar-refractivity contribution is 0.272. The fourth-order valence-electron chi connectivity index (χ4n) is 5.13. The van der Waals surface area contributed by atoms with Gasteiger partial charge in [0, 0.05) is 44.0 Å². The Bertz CT molecular complexity index is 1120. The summed E-state index contributed by atoms with van der Waals surface area (Å²) < 4.78 is 0. The second-order valence-corrected chi connectivity index (χ2v) is 9.75. The van der Waals surface area contributed by atoms with Gasteiger partial charge in [-0.3, -0.25) is 0 Å². The molecule has 5 nitrogen and oxygen atoms in total. The SMILES string of the molecule is CCCN(CCN)CCC(C)c1cccc(C2=Cc3c(-c4ccccc4C)c[nH]c3N(C)C2)c1.CN. The fraction of sp³-hybridized carbons (Fsp3) is 0.419. The van der Waals surface area contributed by atoms with E-state index >= 15 is 0 Å². The number of anilines is 1. The van der Waals surface area contributed by atoms with E-state index in [1.54, 1.807) is 0 Å². The van der Waals surface area contributed by atoms with Gasteiger partial charge < -0.3 is 26.3 Å². The molecular weight excluding hydrogens is 442 g/mol. The molecule has 1 aliphatic heterocycles. The highest BCUT2D eigenvalue weighted by Gasteiger charge is 2.22. The maximum atomic E-state index is 5.82. The number of hydrogen-bond donors (Lipinski definition) is 3. The maximum Gasteiger partial charge on any atom is 0.113 e. The van der Waals surface area contributed by atoms with E-state index in [1.807, 2.05) is 0 Å². The second-order valence-electron chi connectivity index (χ2n) is 9.75. The molecule has 0 spiro atoms. The summed E-state index contributed by atoms with van der Waals surface area (Å²) in [6, 6.07) is 17.8. The second kappa shape index (κ2) is 13.4. The summed E-state index contributed by atoms with van der Waals surface area (Å²) in [7, 11) is 3.68. The van der Waals surface area contributed by atoms with Gasteiger partial charge in [-0.2, -0.15) is 0 Å². The van der Waals surface area contributed by atoms with Crippen LogP contribution in [0.2, 0.25) is 0 Å². The van der Waals surface area contributed by atoms with Crippen LogP contribution in [-0.4, -0.2) is 56.7 Å². The minimum absolute atomic E-state index is 0.518. The lowest BCUT2D eigenvalue weighted by atomic mass is 9.91. The number of aryl methyl sites for hydroxylation is 1. The molecule has 0 amide bonds. The van der Waals surface area contributed by atoms with Crippen molar-refractivity contribution in [3.8, 4) is 11.1 Å². The summed E-state index contributed by atoms with van der Waals surface area (Å²) in [6.07, 6.45) is 6.88. The first kappa shape index (κ1) is 27.7. The molecule has 0 saturated heterocycles. The Labute approximate surface area is 218 Å². The lowest BCUT2D eigenvalue weighted by Gasteiger charge is -2.27. The molecule has 1 aliphatic rings. The Morgan fingerprint density at radius 1 is 1.03 bits per heavy atom. The molecule has 5 heteroatoms. The number of nitrogens with one attached hydrogen (secondary N) is 1. The van der Waals surface area contributed by atoms with Crippen LogP contribution in [0.4, 0.5) is 5.82 Å². The highest BCUT2D eigenvalue weighted by Crippen LogP contribution is 2.39. The van der Waals surface area contributed by atoms with Gasteiger partial charge in [-0.1, -0.05) is 62.4 Å². The predicted octanol–water partition coefficient (Wildman–Crippen LogP) is 5.72. The van der Waals surface area contributed by atoms with E-state index < -0.39 is 0 Å². The molecule has 0 aliphatic carbocycles. The maximum absolute atomic E-state index is 5.82. The van der Waals surface area contributed by atoms with E-state index in [4.69, 9.17) is 5.73 Å². The lowest BCUT2D eigenvalue weighted by Crippen LogP contribution is -2.31. The van der Waals surface area contributed by atoms with E-state index in [0.29, 0.717) is 5.92 Å². The Kier molecular flexibility index (Phi) is 10.4. The van der Waals surface area contributed by atoms with Crippen LogP contribution in [0.1, 0.15) is 54.9 Å². The van der Waals surface area contributed by atoms with Crippen LogP contribution in [-0.2, 0) is 0 Å². The number of nitrogens with zero attached hydrogens (tertiary/aromatic N) is 2. The summed E-state index contributed by atoms with van der Waals surface area (Å²) in [5, 5.41) is 0. The Morgan fingerprint density at radius 3 is 2.53 bits per heavy atom. The quantitative estimate of drug-likeness (QED) is 0.342. The fourth-order valence-corrected chi connectivity index (χ4v) is 5.13. The molecule has 3 aromatic rings. The van der Waals surface area contributed by atoms with Gasteiger partial charge in [0.25, 0.3) is 0 Å². The average Bonchev–Trinajstić information content (AvgIpc) is 3.33. The van der Waals surface area contributed by atoms with Gasteiger partial charge in [0.2, 0.25) is 0 Å². The van der Waals surface area contributed by atoms with Crippen molar-refractivity contribution in [2.75, 3.05) is 51.7 Å². The van der Waals surface area contributed by atoms with E-state index in [2.05, 4.69) is 109 Å². The molecule has 2 aromatic carbocycles. The van der Waals surface area contributed by atoms with Crippen molar-refractivity contribution in [2.24, 2.45) is 11.5 Å². The molecule has 0 radical (unpaired) electrons. The normalized spacial score (nSPS) is 13.7. The van der Waals surface area contributed by atoms with Crippen molar-refractivity contribution >= 4 is 17.5 Å². The molecule has 0 saturated carbocycles. The third-order valence-electron chi connectivity index (χ3n) is 7.13. The van der Waals surface area contributed by atoms with E-state index in [9.17, 15) is 0 Å². The summed E-state index contributed by atoms with van der Waals surface area (Å²) in [4.78, 5) is 8.35. The summed E-state index contributed by atoms with van der Waals surface area (Å²) in [5.41, 5.74) is 19.6. The monoisotopic (exact) mass is 487 g/mol. The van der Waals surface area contributed by atoms with Crippen LogP contribution >= 0.6 is 0 Å². The first-order chi connectivity index (χ1) is 17.5. The number of rotatable bonds is 10. The minimum Gasteiger partial charge on any atom is -0.356 e. The number of likely N-dealkylation sites (N-methyl/N-ethyl adjacent to an activating group) is 1. The van der Waals surface area contributed by atoms with Crippen molar-refractivity contribution in [3.05, 3.63) is 77.0 Å². The Hall–Kier alpha value is -2.86. The Morgan fingerprint density at radius 2 is 1.81 bits per heavy atom. The summed E-state index contributed by atoms with van der Waals surface area (Å²) >= 11 is 0. The topological polar surface area (TPSA) is 74.3 Å². The molecule has 0 fully saturated rings. The molecule has 4 rings (SSSR count). The van der Waals surface area contributed by atoms with E-state index in [0.717, 1.165) is 39.1 Å². The predicted molar refractivity (Wildman–Crippen MR) is 157 cm³/mol. The molecular formula is C31H45N5. The van der Waals surface area contributed by atoms with Crippen molar-refractivity contribution in [1.29, 1.82) is 0 Å². The highest BCUT2D eigenvalue weighted by molar-refractivity contribution is 5.96. The smallest absolute Gasteiger partial charge is 0.113 e. The molecule has 0 bridgehead atoms. The average molecular weight is 488 g/mol. The van der Waals surface area contributed by atoms with Crippen molar-refractivity contribution < 1.29 is 0 Å². The van der Waals surface area contributed by atoms with Crippen molar-refractivity contribution in [2.45, 2.75) is 39.5 Å². The number of aromatic nitrogens is 1. The number of H-pyrrole nitrogens is 1. The summed E-state index contributed by atoms with van der Waals surface area (Å²) in [6.45, 7) is 11.6. The first-order valence-electron chi connectivity index (χ1n) is 13.3. The van der Waals surface area contributed by atoms with Gasteiger partial charge in [0.15, 0.2) is 0 Å². The van der Waals surface area contributed by atoms with E-state index in [-0.39, 0.29) is 0 Å². The van der Waals surface area contributed by atoms with Crippen LogP contribution in [0.25, 0.3) is 22.8 Å². The van der Waals surface area contributed by atoms with Gasteiger partial charge in [-0.05, 0) is 79.7 Å². The highest BCUT2D eigenvalue weighted by atomic mass is 15.2. The number of benzene rings is 2. The van der Waals surface area contributed by atoms with Gasteiger partial charge in [0.1, 0.15) is 5.82 Å². The molecule has 1 aromatic heterocycles. The van der Waals surface area contributed by atoms with Crippen LogP contribution in [0, 0.1) is 6.92 Å². The molecule has 1 unspecified atom stereocenters. The molecule has 194 valence electrons. The van der Waals surface area contributed by atoms with Gasteiger partial charge in [-0.25, -0.2) is 0 Å². The summed E-state index contributed by atoms with van der Waals surface area (Å²) in [5.74, 6) is 1.71.